The molecule has 1 amide bonds. The number of ether oxygens (including phenoxy) is 2. The molecule has 0 bridgehead atoms. The minimum absolute atomic E-state index is 0.154. The van der Waals surface area contributed by atoms with Crippen molar-refractivity contribution in [3.63, 3.8) is 0 Å². The van der Waals surface area contributed by atoms with Gasteiger partial charge in [-0.25, -0.2) is 0 Å². The maximum Gasteiger partial charge on any atom is 0.265 e. The molecule has 0 aliphatic carbocycles. The molecule has 0 saturated carbocycles. The summed E-state index contributed by atoms with van der Waals surface area (Å²) in [6, 6.07) is 13.5. The summed E-state index contributed by atoms with van der Waals surface area (Å²) in [6.45, 7) is 12.9. The van der Waals surface area contributed by atoms with Crippen LogP contribution in [-0.2, 0) is 4.79 Å². The highest BCUT2D eigenvalue weighted by molar-refractivity contribution is 5.95. The molecule has 0 fully saturated rings. The first-order valence-corrected chi connectivity index (χ1v) is 9.66. The van der Waals surface area contributed by atoms with Crippen molar-refractivity contribution in [1.82, 2.24) is 0 Å². The fourth-order valence-corrected chi connectivity index (χ4v) is 2.96. The van der Waals surface area contributed by atoms with Gasteiger partial charge in [-0.05, 0) is 61.1 Å². The molecule has 0 spiro atoms. The summed E-state index contributed by atoms with van der Waals surface area (Å²) in [5.74, 6) is 1.92. The van der Waals surface area contributed by atoms with Crippen LogP contribution in [0, 0.1) is 0 Å². The van der Waals surface area contributed by atoms with Gasteiger partial charge < -0.3 is 14.8 Å². The summed E-state index contributed by atoms with van der Waals surface area (Å²) in [5.41, 5.74) is 3.19. The van der Waals surface area contributed by atoms with Crippen molar-refractivity contribution in [1.29, 1.82) is 0 Å². The van der Waals surface area contributed by atoms with Crippen LogP contribution < -0.4 is 14.8 Å². The van der Waals surface area contributed by atoms with Gasteiger partial charge >= 0.3 is 0 Å². The Morgan fingerprint density at radius 1 is 0.889 bits per heavy atom. The number of carbonyl (C=O) groups excluding carboxylic acids is 1. The second kappa shape index (κ2) is 9.45. The number of amides is 1. The Hall–Kier alpha value is -2.49. The predicted molar refractivity (Wildman–Crippen MR) is 111 cm³/mol. The van der Waals surface area contributed by atoms with E-state index < -0.39 is 6.10 Å². The standard InChI is InChI=1S/C23H31NO3/c1-7-26-18-11-13-19(14-12-18)27-17(6)23(25)24-22-20(15(2)3)9-8-10-21(22)16(4)5/h8-17H,7H2,1-6H3,(H,24,25). The first-order chi connectivity index (χ1) is 12.8. The molecule has 146 valence electrons. The van der Waals surface area contributed by atoms with Gasteiger partial charge in [0.15, 0.2) is 6.10 Å². The van der Waals surface area contributed by atoms with Gasteiger partial charge in [0.2, 0.25) is 0 Å². The SMILES string of the molecule is CCOc1ccc(OC(C)C(=O)Nc2c(C(C)C)cccc2C(C)C)cc1. The van der Waals surface area contributed by atoms with Crippen LogP contribution in [0.25, 0.3) is 0 Å². The molecule has 27 heavy (non-hydrogen) atoms. The van der Waals surface area contributed by atoms with E-state index >= 15 is 0 Å². The highest BCUT2D eigenvalue weighted by atomic mass is 16.5. The molecule has 0 radical (unpaired) electrons. The number of hydrogen-bond donors (Lipinski definition) is 1. The van der Waals surface area contributed by atoms with Gasteiger partial charge in [-0.1, -0.05) is 45.9 Å². The van der Waals surface area contributed by atoms with Crippen LogP contribution in [0.1, 0.15) is 64.5 Å². The van der Waals surface area contributed by atoms with E-state index in [1.807, 2.05) is 31.2 Å². The molecule has 2 aromatic rings. The molecule has 0 aromatic heterocycles. The van der Waals surface area contributed by atoms with E-state index in [-0.39, 0.29) is 5.91 Å². The molecule has 1 N–H and O–H groups in total. The van der Waals surface area contributed by atoms with Gasteiger partial charge in [-0.2, -0.15) is 0 Å². The molecule has 2 aromatic carbocycles. The van der Waals surface area contributed by atoms with Gasteiger partial charge in [0.25, 0.3) is 5.91 Å². The molecule has 1 unspecified atom stereocenters. The van der Waals surface area contributed by atoms with Crippen molar-refractivity contribution in [3.8, 4) is 11.5 Å². The Morgan fingerprint density at radius 2 is 1.41 bits per heavy atom. The van der Waals surface area contributed by atoms with E-state index in [1.165, 1.54) is 0 Å². The smallest absolute Gasteiger partial charge is 0.265 e. The largest absolute Gasteiger partial charge is 0.494 e. The first-order valence-electron chi connectivity index (χ1n) is 9.66. The third kappa shape index (κ3) is 5.49. The average Bonchev–Trinajstić information content (AvgIpc) is 2.63. The minimum atomic E-state index is -0.608. The van der Waals surface area contributed by atoms with Gasteiger partial charge in [-0.15, -0.1) is 0 Å². The van der Waals surface area contributed by atoms with Crippen LogP contribution >= 0.6 is 0 Å². The Morgan fingerprint density at radius 3 is 1.89 bits per heavy atom. The fourth-order valence-electron chi connectivity index (χ4n) is 2.96. The molecule has 2 rings (SSSR count). The van der Waals surface area contributed by atoms with Crippen molar-refractivity contribution < 1.29 is 14.3 Å². The fraction of sp³-hybridized carbons (Fsp3) is 0.435. The highest BCUT2D eigenvalue weighted by Crippen LogP contribution is 2.32. The van der Waals surface area contributed by atoms with Crippen LogP contribution in [0.3, 0.4) is 0 Å². The zero-order valence-electron chi connectivity index (χ0n) is 17.2. The third-order valence-electron chi connectivity index (χ3n) is 4.44. The predicted octanol–water partition coefficient (Wildman–Crippen LogP) is 5.74. The number of benzene rings is 2. The Bertz CT molecular complexity index is 724. The molecule has 0 heterocycles. The van der Waals surface area contributed by atoms with E-state index in [2.05, 4.69) is 51.2 Å². The lowest BCUT2D eigenvalue weighted by atomic mass is 9.92. The van der Waals surface area contributed by atoms with Crippen molar-refractivity contribution in [3.05, 3.63) is 53.6 Å². The summed E-state index contributed by atoms with van der Waals surface area (Å²) in [7, 11) is 0. The maximum atomic E-state index is 12.8. The first kappa shape index (κ1) is 20.8. The second-order valence-electron chi connectivity index (χ2n) is 7.27. The zero-order valence-corrected chi connectivity index (χ0v) is 17.2. The summed E-state index contributed by atoms with van der Waals surface area (Å²) in [6.07, 6.45) is -0.608. The van der Waals surface area contributed by atoms with Gasteiger partial charge in [0.05, 0.1) is 6.61 Å². The summed E-state index contributed by atoms with van der Waals surface area (Å²) in [4.78, 5) is 12.8. The van der Waals surface area contributed by atoms with Crippen LogP contribution in [0.5, 0.6) is 11.5 Å². The van der Waals surface area contributed by atoms with Crippen LogP contribution in [0.2, 0.25) is 0 Å². The van der Waals surface area contributed by atoms with E-state index in [9.17, 15) is 4.79 Å². The Kier molecular flexibility index (Phi) is 7.28. The van der Waals surface area contributed by atoms with Gasteiger partial charge in [0.1, 0.15) is 11.5 Å². The lowest BCUT2D eigenvalue weighted by Crippen LogP contribution is -2.31. The second-order valence-corrected chi connectivity index (χ2v) is 7.27. The molecular formula is C23H31NO3. The van der Waals surface area contributed by atoms with Gasteiger partial charge in [0, 0.05) is 5.69 Å². The number of para-hydroxylation sites is 1. The Balaban J connectivity index is 2.14. The number of rotatable bonds is 8. The van der Waals surface area contributed by atoms with Crippen LogP contribution in [0.4, 0.5) is 5.69 Å². The number of carbonyl (C=O) groups is 1. The molecule has 4 heteroatoms. The average molecular weight is 370 g/mol. The zero-order chi connectivity index (χ0) is 20.0. The highest BCUT2D eigenvalue weighted by Gasteiger charge is 2.20. The quantitative estimate of drug-likeness (QED) is 0.645. The van der Waals surface area contributed by atoms with E-state index in [4.69, 9.17) is 9.47 Å². The number of nitrogens with one attached hydrogen (secondary N) is 1. The summed E-state index contributed by atoms with van der Waals surface area (Å²) >= 11 is 0. The topological polar surface area (TPSA) is 47.6 Å². The van der Waals surface area contributed by atoms with Crippen molar-refractivity contribution >= 4 is 11.6 Å². The van der Waals surface area contributed by atoms with E-state index in [1.54, 1.807) is 6.92 Å². The van der Waals surface area contributed by atoms with Crippen molar-refractivity contribution in [2.75, 3.05) is 11.9 Å². The van der Waals surface area contributed by atoms with Crippen LogP contribution in [-0.4, -0.2) is 18.6 Å². The lowest BCUT2D eigenvalue weighted by molar-refractivity contribution is -0.122. The number of anilines is 1. The normalized spacial score (nSPS) is 12.1. The lowest BCUT2D eigenvalue weighted by Gasteiger charge is -2.22. The van der Waals surface area contributed by atoms with Gasteiger partial charge in [-0.3, -0.25) is 4.79 Å². The number of hydrogen-bond acceptors (Lipinski definition) is 3. The monoisotopic (exact) mass is 369 g/mol. The van der Waals surface area contributed by atoms with E-state index in [0.29, 0.717) is 24.2 Å². The minimum Gasteiger partial charge on any atom is -0.494 e. The Labute approximate surface area is 162 Å². The molecule has 0 aliphatic heterocycles. The molecule has 0 aliphatic rings. The molecule has 4 nitrogen and oxygen atoms in total. The van der Waals surface area contributed by atoms with Crippen molar-refractivity contribution in [2.45, 2.75) is 59.5 Å². The maximum absolute atomic E-state index is 12.8. The van der Waals surface area contributed by atoms with E-state index in [0.717, 1.165) is 22.6 Å². The van der Waals surface area contributed by atoms with Crippen molar-refractivity contribution in [2.24, 2.45) is 0 Å². The summed E-state index contributed by atoms with van der Waals surface area (Å²) in [5, 5.41) is 3.10. The van der Waals surface area contributed by atoms with Crippen LogP contribution in [0.15, 0.2) is 42.5 Å². The molecular weight excluding hydrogens is 338 g/mol. The molecule has 1 atom stereocenters. The summed E-state index contributed by atoms with van der Waals surface area (Å²) < 4.78 is 11.2. The molecule has 0 saturated heterocycles. The third-order valence-corrected chi connectivity index (χ3v) is 4.44.